The maximum Gasteiger partial charge on any atom is 0.143 e. The van der Waals surface area contributed by atoms with E-state index in [0.29, 0.717) is 10.8 Å². The minimum atomic E-state index is -0.926. The predicted molar refractivity (Wildman–Crippen MR) is 74.5 cm³/mol. The molecule has 0 unspecified atom stereocenters. The van der Waals surface area contributed by atoms with Gasteiger partial charge in [0.15, 0.2) is 0 Å². The number of rotatable bonds is 2. The second kappa shape index (κ2) is 5.10. The van der Waals surface area contributed by atoms with E-state index in [0.717, 1.165) is 18.4 Å². The van der Waals surface area contributed by atoms with Crippen molar-refractivity contribution in [2.24, 2.45) is 0 Å². The molecule has 0 aliphatic heterocycles. The summed E-state index contributed by atoms with van der Waals surface area (Å²) in [6, 6.07) is 2.01. The molecular weight excluding hydrogens is 248 g/mol. The van der Waals surface area contributed by atoms with Crippen molar-refractivity contribution >= 4 is 11.6 Å². The van der Waals surface area contributed by atoms with Crippen LogP contribution < -0.4 is 4.74 Å². The maximum atomic E-state index is 10.4. The van der Waals surface area contributed by atoms with Crippen molar-refractivity contribution in [3.8, 4) is 5.75 Å². The van der Waals surface area contributed by atoms with Gasteiger partial charge in [-0.1, -0.05) is 18.0 Å². The molecule has 2 nitrogen and oxygen atoms in total. The molecule has 0 heterocycles. The van der Waals surface area contributed by atoms with E-state index in [9.17, 15) is 5.11 Å². The summed E-state index contributed by atoms with van der Waals surface area (Å²) in [7, 11) is 1.61. The number of hydrogen-bond donors (Lipinski definition) is 1. The predicted octanol–water partition coefficient (Wildman–Crippen LogP) is 3.84. The van der Waals surface area contributed by atoms with Crippen LogP contribution in [0.5, 0.6) is 5.75 Å². The van der Waals surface area contributed by atoms with Gasteiger partial charge in [0.2, 0.25) is 0 Å². The number of fused-ring (bicyclic) bond motifs is 1. The van der Waals surface area contributed by atoms with Crippen molar-refractivity contribution in [1.82, 2.24) is 0 Å². The first-order chi connectivity index (χ1) is 8.45. The normalized spacial score (nSPS) is 16.1. The van der Waals surface area contributed by atoms with Gasteiger partial charge in [0, 0.05) is 5.56 Å². The van der Waals surface area contributed by atoms with Gasteiger partial charge in [-0.2, -0.15) is 0 Å². The van der Waals surface area contributed by atoms with Crippen LogP contribution in [0.1, 0.15) is 49.8 Å². The summed E-state index contributed by atoms with van der Waals surface area (Å²) in [4.78, 5) is 0. The standard InChI is InChI=1S/C15H21ClO2/c1-15(2,17)13-11-8-6-4-5-7-10(11)9-12(16)14(13)18-3/h9,17H,4-8H2,1-3H3. The third kappa shape index (κ3) is 2.50. The highest BCUT2D eigenvalue weighted by molar-refractivity contribution is 6.32. The molecule has 0 bridgehead atoms. The van der Waals surface area contributed by atoms with Crippen LogP contribution in [-0.2, 0) is 18.4 Å². The van der Waals surface area contributed by atoms with Gasteiger partial charge in [-0.3, -0.25) is 0 Å². The molecule has 1 aliphatic carbocycles. The van der Waals surface area contributed by atoms with E-state index >= 15 is 0 Å². The van der Waals surface area contributed by atoms with Gasteiger partial charge in [-0.15, -0.1) is 0 Å². The first-order valence-electron chi connectivity index (χ1n) is 6.56. The molecule has 0 aromatic heterocycles. The third-order valence-corrected chi connectivity index (χ3v) is 3.90. The molecule has 0 amide bonds. The Morgan fingerprint density at radius 2 is 1.89 bits per heavy atom. The number of benzene rings is 1. The number of aliphatic hydroxyl groups is 1. The van der Waals surface area contributed by atoms with Crippen LogP contribution >= 0.6 is 11.6 Å². The molecule has 0 spiro atoms. The zero-order chi connectivity index (χ0) is 13.3. The van der Waals surface area contributed by atoms with Gasteiger partial charge in [-0.25, -0.2) is 0 Å². The highest BCUT2D eigenvalue weighted by Crippen LogP contribution is 2.42. The molecule has 0 saturated carbocycles. The molecule has 1 aromatic carbocycles. The van der Waals surface area contributed by atoms with Crippen LogP contribution in [-0.4, -0.2) is 12.2 Å². The fraction of sp³-hybridized carbons (Fsp3) is 0.600. The smallest absolute Gasteiger partial charge is 0.143 e. The lowest BCUT2D eigenvalue weighted by atomic mass is 9.87. The SMILES string of the molecule is COc1c(Cl)cc2c(c1C(C)(C)O)CCCCC2. The lowest BCUT2D eigenvalue weighted by molar-refractivity contribution is 0.0745. The summed E-state index contributed by atoms with van der Waals surface area (Å²) >= 11 is 6.29. The largest absolute Gasteiger partial charge is 0.495 e. The highest BCUT2D eigenvalue weighted by Gasteiger charge is 2.29. The monoisotopic (exact) mass is 268 g/mol. The number of hydrogen-bond acceptors (Lipinski definition) is 2. The van der Waals surface area contributed by atoms with Gasteiger partial charge in [0.25, 0.3) is 0 Å². The van der Waals surface area contributed by atoms with E-state index in [1.54, 1.807) is 21.0 Å². The van der Waals surface area contributed by atoms with Crippen LogP contribution in [0.3, 0.4) is 0 Å². The lowest BCUT2D eigenvalue weighted by Crippen LogP contribution is -2.20. The molecule has 100 valence electrons. The van der Waals surface area contributed by atoms with Gasteiger partial charge >= 0.3 is 0 Å². The molecule has 1 aliphatic rings. The number of ether oxygens (including phenoxy) is 1. The minimum Gasteiger partial charge on any atom is -0.495 e. The molecule has 1 aromatic rings. The Balaban J connectivity index is 2.69. The Morgan fingerprint density at radius 1 is 1.22 bits per heavy atom. The van der Waals surface area contributed by atoms with Crippen molar-refractivity contribution in [3.05, 3.63) is 27.8 Å². The van der Waals surface area contributed by atoms with Crippen LogP contribution in [0.4, 0.5) is 0 Å². The zero-order valence-electron chi connectivity index (χ0n) is 11.3. The quantitative estimate of drug-likeness (QED) is 0.826. The fourth-order valence-electron chi connectivity index (χ4n) is 2.87. The van der Waals surface area contributed by atoms with Gasteiger partial charge in [-0.05, 0) is 56.7 Å². The van der Waals surface area contributed by atoms with Crippen molar-refractivity contribution in [2.75, 3.05) is 7.11 Å². The molecular formula is C15H21ClO2. The van der Waals surface area contributed by atoms with Gasteiger partial charge < -0.3 is 9.84 Å². The summed E-state index contributed by atoms with van der Waals surface area (Å²) in [5.41, 5.74) is 2.45. The van der Waals surface area contributed by atoms with E-state index in [-0.39, 0.29) is 0 Å². The van der Waals surface area contributed by atoms with Crippen LogP contribution in [0, 0.1) is 0 Å². The zero-order valence-corrected chi connectivity index (χ0v) is 12.1. The summed E-state index contributed by atoms with van der Waals surface area (Å²) in [5.74, 6) is 0.629. The highest BCUT2D eigenvalue weighted by atomic mass is 35.5. The van der Waals surface area contributed by atoms with Crippen molar-refractivity contribution in [2.45, 2.75) is 51.6 Å². The third-order valence-electron chi connectivity index (χ3n) is 3.62. The molecule has 3 heteroatoms. The lowest BCUT2D eigenvalue weighted by Gasteiger charge is -2.26. The van der Waals surface area contributed by atoms with E-state index in [2.05, 4.69) is 0 Å². The molecule has 0 atom stereocenters. The molecule has 0 saturated heterocycles. The molecule has 0 radical (unpaired) electrons. The first kappa shape index (κ1) is 13.7. The summed E-state index contributed by atoms with van der Waals surface area (Å²) in [6.45, 7) is 3.60. The van der Waals surface area contributed by atoms with Gasteiger partial charge in [0.1, 0.15) is 5.75 Å². The van der Waals surface area contributed by atoms with Crippen molar-refractivity contribution in [1.29, 1.82) is 0 Å². The van der Waals surface area contributed by atoms with Crippen molar-refractivity contribution < 1.29 is 9.84 Å². The second-order valence-electron chi connectivity index (χ2n) is 5.52. The summed E-state index contributed by atoms with van der Waals surface area (Å²) < 4.78 is 5.42. The Hall–Kier alpha value is -0.730. The van der Waals surface area contributed by atoms with E-state index in [1.807, 2.05) is 6.07 Å². The van der Waals surface area contributed by atoms with Crippen LogP contribution in [0.15, 0.2) is 6.07 Å². The number of aryl methyl sites for hydroxylation is 1. The Kier molecular flexibility index (Phi) is 3.88. The second-order valence-corrected chi connectivity index (χ2v) is 5.93. The average Bonchev–Trinajstić information content (AvgIpc) is 2.50. The summed E-state index contributed by atoms with van der Waals surface area (Å²) in [5, 5.41) is 11.0. The van der Waals surface area contributed by atoms with E-state index < -0.39 is 5.60 Å². The maximum absolute atomic E-state index is 10.4. The number of methoxy groups -OCH3 is 1. The minimum absolute atomic E-state index is 0.607. The summed E-state index contributed by atoms with van der Waals surface area (Å²) in [6.07, 6.45) is 5.64. The van der Waals surface area contributed by atoms with Crippen LogP contribution in [0.25, 0.3) is 0 Å². The fourth-order valence-corrected chi connectivity index (χ4v) is 3.18. The van der Waals surface area contributed by atoms with E-state index in [4.69, 9.17) is 16.3 Å². The van der Waals surface area contributed by atoms with Gasteiger partial charge in [0.05, 0.1) is 17.7 Å². The molecule has 1 N–H and O–H groups in total. The first-order valence-corrected chi connectivity index (χ1v) is 6.94. The number of halogens is 1. The van der Waals surface area contributed by atoms with E-state index in [1.165, 1.54) is 30.4 Å². The molecule has 18 heavy (non-hydrogen) atoms. The average molecular weight is 269 g/mol. The van der Waals surface area contributed by atoms with Crippen molar-refractivity contribution in [3.63, 3.8) is 0 Å². The molecule has 2 rings (SSSR count). The Morgan fingerprint density at radius 3 is 2.50 bits per heavy atom. The topological polar surface area (TPSA) is 29.5 Å². The Labute approximate surface area is 114 Å². The Bertz CT molecular complexity index is 447. The van der Waals surface area contributed by atoms with Crippen LogP contribution in [0.2, 0.25) is 5.02 Å². The molecule has 0 fully saturated rings.